The van der Waals surface area contributed by atoms with Gasteiger partial charge in [-0.15, -0.1) is 35.2 Å². The summed E-state index contributed by atoms with van der Waals surface area (Å²) in [6.07, 6.45) is 7.89. The van der Waals surface area contributed by atoms with Crippen molar-refractivity contribution in [3.63, 3.8) is 0 Å². The van der Waals surface area contributed by atoms with Gasteiger partial charge in [-0.05, 0) is 85.9 Å². The maximum absolute atomic E-state index is 6.95. The third-order valence-corrected chi connectivity index (χ3v) is 14.4. The van der Waals surface area contributed by atoms with Crippen molar-refractivity contribution in [1.82, 2.24) is 14.1 Å². The van der Waals surface area contributed by atoms with Gasteiger partial charge < -0.3 is 13.9 Å². The standard InChI is InChI=1S/C68H52N4O.Pt/c1-67(2,53-28-16-8-17-29-53)55-36-37-69-66(43-55)72-63-33-21-20-32-61(63)62-35-34-59(45-64(62)72)73-60-41-52(49-24-12-6-13-25-49)40-58(44-60)71-47-70(46-65(71)50-26-14-7-15-27-50)57-39-51(48-22-10-5-11-23-48)38-56(42-57)68(3,4)54-30-18-9-19-31-54;/h5-43,46H,1-4H3;/q-2;. The molecule has 3 aromatic heterocycles. The van der Waals surface area contributed by atoms with E-state index in [4.69, 9.17) is 9.72 Å². The minimum atomic E-state index is -0.287. The topological polar surface area (TPSA) is 35.9 Å². The van der Waals surface area contributed by atoms with Gasteiger partial charge in [-0.1, -0.05) is 209 Å². The van der Waals surface area contributed by atoms with Gasteiger partial charge in [0.1, 0.15) is 5.82 Å². The van der Waals surface area contributed by atoms with Crippen LogP contribution in [0, 0.1) is 18.5 Å². The zero-order valence-corrected chi connectivity index (χ0v) is 43.9. The molecule has 6 heteroatoms. The Morgan fingerprint density at radius 3 is 1.68 bits per heavy atom. The van der Waals surface area contributed by atoms with E-state index in [9.17, 15) is 0 Å². The van der Waals surface area contributed by atoms with Gasteiger partial charge in [0.2, 0.25) is 0 Å². The van der Waals surface area contributed by atoms with Crippen LogP contribution in [0.15, 0.2) is 243 Å². The smallest absolute Gasteiger partial charge is 0.267 e. The zero-order valence-electron chi connectivity index (χ0n) is 41.6. The molecule has 0 atom stereocenters. The summed E-state index contributed by atoms with van der Waals surface area (Å²) in [7, 11) is 0. The fourth-order valence-corrected chi connectivity index (χ4v) is 10.2. The number of aromatic nitrogens is 4. The molecule has 362 valence electrons. The second-order valence-electron chi connectivity index (χ2n) is 19.7. The number of fused-ring (bicyclic) bond motifs is 3. The van der Waals surface area contributed by atoms with Crippen LogP contribution in [0.3, 0.4) is 0 Å². The van der Waals surface area contributed by atoms with Crippen LogP contribution >= 0.6 is 0 Å². The van der Waals surface area contributed by atoms with Crippen LogP contribution < -0.4 is 9.30 Å². The van der Waals surface area contributed by atoms with Gasteiger partial charge in [-0.25, -0.2) is 4.98 Å². The number of pyridine rings is 1. The number of imidazole rings is 1. The van der Waals surface area contributed by atoms with E-state index in [1.807, 2.05) is 18.3 Å². The van der Waals surface area contributed by atoms with Gasteiger partial charge >= 0.3 is 0 Å². The van der Waals surface area contributed by atoms with Crippen molar-refractivity contribution in [1.29, 1.82) is 0 Å². The Morgan fingerprint density at radius 1 is 0.459 bits per heavy atom. The fourth-order valence-electron chi connectivity index (χ4n) is 10.2. The monoisotopic (exact) mass is 1140 g/mol. The number of benzene rings is 9. The molecule has 0 saturated carbocycles. The summed E-state index contributed by atoms with van der Waals surface area (Å²) in [4.78, 5) is 4.99. The van der Waals surface area contributed by atoms with Crippen molar-refractivity contribution < 1.29 is 30.4 Å². The molecule has 12 rings (SSSR count). The summed E-state index contributed by atoms with van der Waals surface area (Å²) in [5.41, 5.74) is 14.3. The van der Waals surface area contributed by atoms with Crippen LogP contribution in [0.2, 0.25) is 0 Å². The third kappa shape index (κ3) is 9.10. The number of para-hydroxylation sites is 1. The molecule has 0 aliphatic carbocycles. The molecule has 0 N–H and O–H groups in total. The second-order valence-corrected chi connectivity index (χ2v) is 19.7. The normalized spacial score (nSPS) is 11.7. The zero-order chi connectivity index (χ0) is 49.5. The summed E-state index contributed by atoms with van der Waals surface area (Å²) in [5.74, 6) is 1.92. The summed E-state index contributed by atoms with van der Waals surface area (Å²) < 4.78 is 13.4. The predicted octanol–water partition coefficient (Wildman–Crippen LogP) is 16.1. The second kappa shape index (κ2) is 19.9. The van der Waals surface area contributed by atoms with E-state index in [-0.39, 0.29) is 31.9 Å². The van der Waals surface area contributed by atoms with E-state index >= 15 is 0 Å². The maximum Gasteiger partial charge on any atom is 0.267 e. The Balaban J connectivity index is 0.00000588. The summed E-state index contributed by atoms with van der Waals surface area (Å²) in [6, 6.07) is 88.4. The van der Waals surface area contributed by atoms with E-state index in [0.717, 1.165) is 72.5 Å². The van der Waals surface area contributed by atoms with Crippen molar-refractivity contribution in [2.24, 2.45) is 0 Å². The Labute approximate surface area is 447 Å². The molecule has 3 heterocycles. The molecule has 9 aromatic carbocycles. The Hall–Kier alpha value is -8.37. The summed E-state index contributed by atoms with van der Waals surface area (Å²) in [6.45, 7) is 9.13. The third-order valence-electron chi connectivity index (χ3n) is 14.4. The molecule has 0 fully saturated rings. The Kier molecular flexibility index (Phi) is 12.9. The Bertz CT molecular complexity index is 3920. The van der Waals surface area contributed by atoms with Gasteiger partial charge in [-0.2, -0.15) is 12.1 Å². The van der Waals surface area contributed by atoms with Crippen molar-refractivity contribution in [3.05, 3.63) is 284 Å². The molecule has 0 aliphatic heterocycles. The molecule has 0 aliphatic rings. The Morgan fingerprint density at radius 2 is 1.03 bits per heavy atom. The van der Waals surface area contributed by atoms with E-state index < -0.39 is 0 Å². The van der Waals surface area contributed by atoms with Crippen molar-refractivity contribution in [2.75, 3.05) is 0 Å². The van der Waals surface area contributed by atoms with Crippen LogP contribution in [0.25, 0.3) is 72.5 Å². The molecule has 0 spiro atoms. The molecular formula is C68H52N4OPt-2. The largest absolute Gasteiger partial charge is 0.510 e. The van der Waals surface area contributed by atoms with Crippen LogP contribution in [-0.4, -0.2) is 14.1 Å². The van der Waals surface area contributed by atoms with Gasteiger partial charge in [0.15, 0.2) is 0 Å². The van der Waals surface area contributed by atoms with Crippen LogP contribution in [0.4, 0.5) is 0 Å². The molecule has 74 heavy (non-hydrogen) atoms. The average molecular weight is 1140 g/mol. The molecule has 0 unspecified atom stereocenters. The van der Waals surface area contributed by atoms with Gasteiger partial charge in [0.25, 0.3) is 6.33 Å². The number of ether oxygens (including phenoxy) is 1. The minimum absolute atomic E-state index is 0. The number of hydrogen-bond donors (Lipinski definition) is 0. The molecule has 0 amide bonds. The number of rotatable bonds is 12. The van der Waals surface area contributed by atoms with Crippen LogP contribution in [0.5, 0.6) is 11.5 Å². The SMILES string of the molecule is CC(C)(c1ccccc1)c1cc(-c2ccccc2)cc(-[n+]2[c-]n(-c3[c-]c(Oc4[c-]c5c(cc4)c4ccccc4n5-c4cc(C(C)(C)c5ccccc5)ccn4)cc(-c4ccccc4)c3)c(-c3ccccc3)c2)c1.[Pt]. The predicted molar refractivity (Wildman–Crippen MR) is 296 cm³/mol. The molecule has 12 aromatic rings. The van der Waals surface area contributed by atoms with E-state index in [0.29, 0.717) is 11.5 Å². The molecule has 5 nitrogen and oxygen atoms in total. The fraction of sp³-hybridized carbons (Fsp3) is 0.0882. The summed E-state index contributed by atoms with van der Waals surface area (Å²) in [5, 5.41) is 2.18. The van der Waals surface area contributed by atoms with E-state index in [1.165, 1.54) is 22.3 Å². The van der Waals surface area contributed by atoms with E-state index in [2.05, 4.69) is 284 Å². The molecular weight excluding hydrogens is 1080 g/mol. The maximum atomic E-state index is 6.95. The van der Waals surface area contributed by atoms with Gasteiger partial charge in [-0.3, -0.25) is 4.57 Å². The first-order chi connectivity index (χ1) is 35.7. The van der Waals surface area contributed by atoms with E-state index in [1.54, 1.807) is 0 Å². The first-order valence-corrected chi connectivity index (χ1v) is 24.9. The van der Waals surface area contributed by atoms with Crippen LogP contribution in [-0.2, 0) is 31.9 Å². The minimum Gasteiger partial charge on any atom is -0.510 e. The van der Waals surface area contributed by atoms with Crippen LogP contribution in [0.1, 0.15) is 49.9 Å². The summed E-state index contributed by atoms with van der Waals surface area (Å²) >= 11 is 0. The molecule has 0 bridgehead atoms. The first kappa shape index (κ1) is 47.9. The first-order valence-electron chi connectivity index (χ1n) is 24.9. The number of hydrogen-bond acceptors (Lipinski definition) is 2. The van der Waals surface area contributed by atoms with Crippen molar-refractivity contribution in [2.45, 2.75) is 38.5 Å². The molecule has 0 saturated heterocycles. The van der Waals surface area contributed by atoms with Gasteiger partial charge in [0, 0.05) is 61.3 Å². The average Bonchev–Trinajstić information content (AvgIpc) is 4.05. The van der Waals surface area contributed by atoms with Gasteiger partial charge in [0.05, 0.1) is 11.4 Å². The van der Waals surface area contributed by atoms with Crippen molar-refractivity contribution >= 4 is 21.8 Å². The quantitative estimate of drug-likeness (QED) is 0.0903. The number of nitrogens with zero attached hydrogens (tertiary/aromatic N) is 4. The van der Waals surface area contributed by atoms with Crippen molar-refractivity contribution in [3.8, 4) is 62.2 Å². The molecule has 0 radical (unpaired) electrons.